The minimum absolute atomic E-state index is 0.285. The molecule has 2 aromatic rings. The van der Waals surface area contributed by atoms with Crippen LogP contribution in [0.4, 0.5) is 0 Å². The van der Waals surface area contributed by atoms with E-state index in [1.165, 1.54) is 34.7 Å². The van der Waals surface area contributed by atoms with E-state index >= 15 is 0 Å². The molecule has 1 heterocycles. The number of hydrogen-bond donors (Lipinski definition) is 0. The molecular weight excluding hydrogens is 220 g/mol. The van der Waals surface area contributed by atoms with Gasteiger partial charge in [0.2, 0.25) is 0 Å². The molecule has 0 aromatic heterocycles. The van der Waals surface area contributed by atoms with Crippen LogP contribution in [0.2, 0.25) is 0 Å². The van der Waals surface area contributed by atoms with E-state index < -0.39 is 0 Å². The summed E-state index contributed by atoms with van der Waals surface area (Å²) >= 11 is 0. The summed E-state index contributed by atoms with van der Waals surface area (Å²) in [5, 5.41) is 2.84. The molecule has 1 aliphatic carbocycles. The minimum Gasteiger partial charge on any atom is -0.493 e. The molecule has 92 valence electrons. The van der Waals surface area contributed by atoms with Gasteiger partial charge in [0.1, 0.15) is 5.75 Å². The van der Waals surface area contributed by atoms with E-state index in [0.717, 1.165) is 12.4 Å². The lowest BCUT2D eigenvalue weighted by atomic mass is 9.66. The zero-order valence-electron chi connectivity index (χ0n) is 11.0. The highest BCUT2D eigenvalue weighted by molar-refractivity contribution is 5.93. The molecule has 2 aliphatic rings. The highest BCUT2D eigenvalue weighted by atomic mass is 16.5. The topological polar surface area (TPSA) is 9.23 Å². The van der Waals surface area contributed by atoms with Gasteiger partial charge in [-0.2, -0.15) is 0 Å². The molecule has 1 unspecified atom stereocenters. The van der Waals surface area contributed by atoms with Gasteiger partial charge in [0.25, 0.3) is 0 Å². The summed E-state index contributed by atoms with van der Waals surface area (Å²) in [6.45, 7) is 5.64. The van der Waals surface area contributed by atoms with Gasteiger partial charge in [0.15, 0.2) is 0 Å². The Kier molecular flexibility index (Phi) is 1.90. The van der Waals surface area contributed by atoms with Crippen LogP contribution in [-0.4, -0.2) is 6.61 Å². The summed E-state index contributed by atoms with van der Waals surface area (Å²) in [4.78, 5) is 0. The van der Waals surface area contributed by atoms with Crippen LogP contribution in [0.1, 0.15) is 43.7 Å². The minimum atomic E-state index is 0.285. The molecule has 1 atom stereocenters. The largest absolute Gasteiger partial charge is 0.493 e. The lowest BCUT2D eigenvalue weighted by molar-refractivity contribution is 0.247. The normalized spacial score (nSPS) is 23.8. The molecule has 0 bridgehead atoms. The van der Waals surface area contributed by atoms with E-state index in [9.17, 15) is 0 Å². The van der Waals surface area contributed by atoms with Gasteiger partial charge in [-0.15, -0.1) is 0 Å². The van der Waals surface area contributed by atoms with Crippen LogP contribution < -0.4 is 4.74 Å². The van der Waals surface area contributed by atoms with E-state index in [0.29, 0.717) is 5.92 Å². The first-order valence-electron chi connectivity index (χ1n) is 6.86. The molecule has 1 nitrogen and oxygen atoms in total. The third-order valence-corrected chi connectivity index (χ3v) is 4.66. The van der Waals surface area contributed by atoms with Gasteiger partial charge in [-0.25, -0.2) is 0 Å². The zero-order valence-corrected chi connectivity index (χ0v) is 11.0. The third kappa shape index (κ3) is 1.22. The van der Waals surface area contributed by atoms with Crippen LogP contribution in [0.5, 0.6) is 5.75 Å². The second-order valence-corrected chi connectivity index (χ2v) is 6.30. The standard InChI is InChI=1S/C17H18O/c1-17(2)10-12-8-9-18-14-7-6-11-4-3-5-13(17)15(11)16(12)14/h3-7,12H,8-10H2,1-2H3. The molecule has 1 heteroatoms. The smallest absolute Gasteiger partial charge is 0.123 e. The summed E-state index contributed by atoms with van der Waals surface area (Å²) in [6.07, 6.45) is 2.42. The fraction of sp³-hybridized carbons (Fsp3) is 0.412. The third-order valence-electron chi connectivity index (χ3n) is 4.66. The Morgan fingerprint density at radius 3 is 2.94 bits per heavy atom. The second kappa shape index (κ2) is 3.28. The summed E-state index contributed by atoms with van der Waals surface area (Å²) in [6, 6.07) is 11.1. The Balaban J connectivity index is 2.18. The van der Waals surface area contributed by atoms with Crippen molar-refractivity contribution in [3.8, 4) is 5.75 Å². The van der Waals surface area contributed by atoms with Crippen molar-refractivity contribution in [2.45, 2.75) is 38.0 Å². The maximum atomic E-state index is 5.86. The number of rotatable bonds is 0. The molecule has 0 spiro atoms. The maximum absolute atomic E-state index is 5.86. The predicted molar refractivity (Wildman–Crippen MR) is 74.4 cm³/mol. The van der Waals surface area contributed by atoms with Crippen LogP contribution in [0, 0.1) is 0 Å². The monoisotopic (exact) mass is 238 g/mol. The van der Waals surface area contributed by atoms with Crippen molar-refractivity contribution in [2.24, 2.45) is 0 Å². The molecule has 0 N–H and O–H groups in total. The maximum Gasteiger partial charge on any atom is 0.123 e. The van der Waals surface area contributed by atoms with E-state index in [2.05, 4.69) is 44.2 Å². The van der Waals surface area contributed by atoms with E-state index in [-0.39, 0.29) is 5.41 Å². The van der Waals surface area contributed by atoms with Crippen molar-refractivity contribution < 1.29 is 4.74 Å². The first kappa shape index (κ1) is 10.4. The van der Waals surface area contributed by atoms with Gasteiger partial charge in [-0.3, -0.25) is 0 Å². The fourth-order valence-corrected chi connectivity index (χ4v) is 3.87. The van der Waals surface area contributed by atoms with Gasteiger partial charge >= 0.3 is 0 Å². The molecule has 0 saturated carbocycles. The Labute approximate surface area is 108 Å². The second-order valence-electron chi connectivity index (χ2n) is 6.30. The van der Waals surface area contributed by atoms with Gasteiger partial charge in [-0.1, -0.05) is 38.1 Å². The fourth-order valence-electron chi connectivity index (χ4n) is 3.87. The van der Waals surface area contributed by atoms with Crippen molar-refractivity contribution in [1.82, 2.24) is 0 Å². The lowest BCUT2D eigenvalue weighted by Crippen LogP contribution is -2.29. The number of benzene rings is 2. The summed E-state index contributed by atoms with van der Waals surface area (Å²) in [5.74, 6) is 1.81. The predicted octanol–water partition coefficient (Wildman–Crippen LogP) is 4.39. The first-order valence-corrected chi connectivity index (χ1v) is 6.86. The van der Waals surface area contributed by atoms with Crippen molar-refractivity contribution in [1.29, 1.82) is 0 Å². The molecular formula is C17H18O. The first-order chi connectivity index (χ1) is 8.67. The van der Waals surface area contributed by atoms with Crippen molar-refractivity contribution in [3.63, 3.8) is 0 Å². The van der Waals surface area contributed by atoms with Gasteiger partial charge in [-0.05, 0) is 46.6 Å². The van der Waals surface area contributed by atoms with Crippen LogP contribution in [0.15, 0.2) is 30.3 Å². The van der Waals surface area contributed by atoms with Crippen LogP contribution in [0.25, 0.3) is 10.8 Å². The SMILES string of the molecule is CC1(C)CC2CCOc3ccc4cccc1c4c32. The Morgan fingerprint density at radius 2 is 2.06 bits per heavy atom. The highest BCUT2D eigenvalue weighted by Crippen LogP contribution is 2.51. The average Bonchev–Trinajstić information content (AvgIpc) is 2.36. The molecule has 4 rings (SSSR count). The Bertz CT molecular complexity index is 639. The van der Waals surface area contributed by atoms with Gasteiger partial charge in [0.05, 0.1) is 6.61 Å². The van der Waals surface area contributed by atoms with Crippen LogP contribution in [-0.2, 0) is 5.41 Å². The van der Waals surface area contributed by atoms with Crippen LogP contribution in [0.3, 0.4) is 0 Å². The summed E-state index contributed by atoms with van der Waals surface area (Å²) < 4.78 is 5.86. The van der Waals surface area contributed by atoms with E-state index in [1.54, 1.807) is 0 Å². The molecule has 0 radical (unpaired) electrons. The Hall–Kier alpha value is -1.50. The molecule has 18 heavy (non-hydrogen) atoms. The highest BCUT2D eigenvalue weighted by Gasteiger charge is 2.37. The molecule has 0 amide bonds. The number of hydrogen-bond acceptors (Lipinski definition) is 1. The van der Waals surface area contributed by atoms with E-state index in [1.807, 2.05) is 0 Å². The molecule has 0 fully saturated rings. The van der Waals surface area contributed by atoms with Crippen molar-refractivity contribution in [2.75, 3.05) is 6.61 Å². The van der Waals surface area contributed by atoms with Crippen molar-refractivity contribution >= 4 is 10.8 Å². The quantitative estimate of drug-likeness (QED) is 0.661. The van der Waals surface area contributed by atoms with Gasteiger partial charge in [0, 0.05) is 5.56 Å². The van der Waals surface area contributed by atoms with Crippen LogP contribution >= 0.6 is 0 Å². The number of ether oxygens (including phenoxy) is 1. The lowest BCUT2D eigenvalue weighted by Gasteiger charge is -2.40. The molecule has 0 saturated heterocycles. The average molecular weight is 238 g/mol. The van der Waals surface area contributed by atoms with Crippen molar-refractivity contribution in [3.05, 3.63) is 41.5 Å². The molecule has 1 aliphatic heterocycles. The molecule has 2 aromatic carbocycles. The zero-order chi connectivity index (χ0) is 12.3. The summed E-state index contributed by atoms with van der Waals surface area (Å²) in [7, 11) is 0. The van der Waals surface area contributed by atoms with Gasteiger partial charge < -0.3 is 4.74 Å². The summed E-state index contributed by atoms with van der Waals surface area (Å²) in [5.41, 5.74) is 3.26. The van der Waals surface area contributed by atoms with E-state index in [4.69, 9.17) is 4.74 Å². The Morgan fingerprint density at radius 1 is 1.17 bits per heavy atom.